The fraction of sp³-hybridized carbons (Fsp3) is 0.222. The Bertz CT molecular complexity index is 1020. The molecule has 3 rings (SSSR count). The quantitative estimate of drug-likeness (QED) is 0.325. The zero-order chi connectivity index (χ0) is 19.7. The normalized spacial score (nSPS) is 11.4. The molecule has 0 bridgehead atoms. The maximum Gasteiger partial charge on any atom is 0.387 e. The van der Waals surface area contributed by atoms with Gasteiger partial charge in [-0.25, -0.2) is 4.98 Å². The summed E-state index contributed by atoms with van der Waals surface area (Å²) in [6.07, 6.45) is 0.533. The molecule has 0 saturated carbocycles. The number of halogens is 5. The van der Waals surface area contributed by atoms with E-state index < -0.39 is 6.61 Å². The second-order valence-corrected chi connectivity index (χ2v) is 7.36. The summed E-state index contributed by atoms with van der Waals surface area (Å²) in [5.41, 5.74) is 2.17. The van der Waals surface area contributed by atoms with E-state index >= 15 is 0 Å². The highest BCUT2D eigenvalue weighted by Crippen LogP contribution is 2.35. The Balaban J connectivity index is 2.25. The highest BCUT2D eigenvalue weighted by Gasteiger charge is 2.22. The third-order valence-corrected chi connectivity index (χ3v) is 5.15. The highest BCUT2D eigenvalue weighted by atomic mass is 79.9. The molecule has 0 atom stereocenters. The van der Waals surface area contributed by atoms with Gasteiger partial charge < -0.3 is 9.30 Å². The molecule has 0 fully saturated rings. The van der Waals surface area contributed by atoms with Crippen molar-refractivity contribution in [3.63, 3.8) is 0 Å². The number of aldehydes is 1. The summed E-state index contributed by atoms with van der Waals surface area (Å²) in [6.45, 7) is -1.40. The van der Waals surface area contributed by atoms with Crippen LogP contribution < -0.4 is 4.74 Å². The van der Waals surface area contributed by atoms with Crippen molar-refractivity contribution in [3.8, 4) is 5.75 Å². The minimum Gasteiger partial charge on any atom is -0.434 e. The van der Waals surface area contributed by atoms with Gasteiger partial charge in [-0.1, -0.05) is 27.5 Å². The van der Waals surface area contributed by atoms with E-state index in [0.717, 1.165) is 9.99 Å². The first kappa shape index (κ1) is 20.0. The van der Waals surface area contributed by atoms with Gasteiger partial charge in [-0.3, -0.25) is 4.79 Å². The number of rotatable bonds is 6. The van der Waals surface area contributed by atoms with Crippen LogP contribution in [0.3, 0.4) is 0 Å². The van der Waals surface area contributed by atoms with Crippen LogP contribution in [0.25, 0.3) is 11.0 Å². The van der Waals surface area contributed by atoms with Crippen molar-refractivity contribution in [2.24, 2.45) is 0 Å². The third kappa shape index (κ3) is 3.95. The number of carbonyl (C=O) groups excluding carboxylic acids is 1. The molecule has 142 valence electrons. The number of imidazole rings is 1. The van der Waals surface area contributed by atoms with E-state index in [2.05, 4.69) is 20.9 Å². The Morgan fingerprint density at radius 2 is 2.11 bits per heavy atom. The van der Waals surface area contributed by atoms with Crippen LogP contribution in [0.4, 0.5) is 8.78 Å². The molecule has 1 aromatic heterocycles. The molecule has 9 heteroatoms. The van der Waals surface area contributed by atoms with Crippen LogP contribution in [0.2, 0.25) is 5.02 Å². The smallest absolute Gasteiger partial charge is 0.387 e. The van der Waals surface area contributed by atoms with Crippen molar-refractivity contribution in [3.05, 3.63) is 56.3 Å². The molecule has 0 aliphatic rings. The van der Waals surface area contributed by atoms with Gasteiger partial charge in [-0.2, -0.15) is 8.78 Å². The van der Waals surface area contributed by atoms with Crippen molar-refractivity contribution in [2.75, 3.05) is 0 Å². The summed E-state index contributed by atoms with van der Waals surface area (Å²) in [5.74, 6) is 0.559. The minimum absolute atomic E-state index is 0.0481. The number of aryl methyl sites for hydroxylation is 1. The zero-order valence-corrected chi connectivity index (χ0v) is 17.1. The molecule has 0 saturated heterocycles. The predicted molar refractivity (Wildman–Crippen MR) is 104 cm³/mol. The summed E-state index contributed by atoms with van der Waals surface area (Å²) >= 11 is 15.6. The standard InChI is InChI=1S/C18H13BrCl2F2N2O2/c1-9-4-13(21)12(8-26)11(17(9)27-18(22)23)7-25-15-5-10(19)2-3-14(15)24-16(25)6-20/h2-5,8,18H,6-7H2,1H3. The molecular formula is C18H13BrCl2F2N2O2. The Morgan fingerprint density at radius 3 is 2.74 bits per heavy atom. The molecule has 0 N–H and O–H groups in total. The first-order valence-electron chi connectivity index (χ1n) is 7.78. The molecule has 27 heavy (non-hydrogen) atoms. The molecule has 1 heterocycles. The van der Waals surface area contributed by atoms with E-state index in [0.29, 0.717) is 23.2 Å². The van der Waals surface area contributed by atoms with Crippen molar-refractivity contribution in [1.82, 2.24) is 9.55 Å². The van der Waals surface area contributed by atoms with Crippen LogP contribution in [-0.2, 0) is 12.4 Å². The molecule has 2 aromatic carbocycles. The number of carbonyl (C=O) groups is 1. The molecule has 4 nitrogen and oxygen atoms in total. The lowest BCUT2D eigenvalue weighted by molar-refractivity contribution is -0.0509. The van der Waals surface area contributed by atoms with Crippen LogP contribution in [0.1, 0.15) is 27.3 Å². The molecule has 0 spiro atoms. The van der Waals surface area contributed by atoms with Gasteiger partial charge in [0.15, 0.2) is 6.29 Å². The lowest BCUT2D eigenvalue weighted by Gasteiger charge is -2.18. The van der Waals surface area contributed by atoms with Gasteiger partial charge in [0.05, 0.1) is 28.5 Å². The number of alkyl halides is 3. The topological polar surface area (TPSA) is 44.1 Å². The van der Waals surface area contributed by atoms with Gasteiger partial charge in [0.1, 0.15) is 11.6 Å². The third-order valence-electron chi connectivity index (χ3n) is 4.11. The fourth-order valence-corrected chi connectivity index (χ4v) is 3.83. The van der Waals surface area contributed by atoms with E-state index in [1.807, 2.05) is 18.2 Å². The number of hydrogen-bond donors (Lipinski definition) is 0. The number of hydrogen-bond acceptors (Lipinski definition) is 3. The van der Waals surface area contributed by atoms with Crippen molar-refractivity contribution < 1.29 is 18.3 Å². The fourth-order valence-electron chi connectivity index (χ4n) is 2.96. The van der Waals surface area contributed by atoms with Crippen molar-refractivity contribution in [2.45, 2.75) is 26.0 Å². The van der Waals surface area contributed by atoms with Crippen LogP contribution >= 0.6 is 39.1 Å². The zero-order valence-electron chi connectivity index (χ0n) is 14.0. The molecule has 3 aromatic rings. The Labute approximate surface area is 172 Å². The lowest BCUT2D eigenvalue weighted by atomic mass is 10.0. The Kier molecular flexibility index (Phi) is 6.03. The summed E-state index contributed by atoms with van der Waals surface area (Å²) in [4.78, 5) is 16.1. The first-order valence-corrected chi connectivity index (χ1v) is 9.48. The molecule has 0 aliphatic carbocycles. The van der Waals surface area contributed by atoms with Crippen molar-refractivity contribution in [1.29, 1.82) is 0 Å². The van der Waals surface area contributed by atoms with Crippen LogP contribution in [0, 0.1) is 6.92 Å². The van der Waals surface area contributed by atoms with Crippen LogP contribution in [0.15, 0.2) is 28.7 Å². The van der Waals surface area contributed by atoms with Gasteiger partial charge in [0, 0.05) is 15.6 Å². The van der Waals surface area contributed by atoms with Crippen LogP contribution in [0.5, 0.6) is 5.75 Å². The van der Waals surface area contributed by atoms with E-state index in [4.69, 9.17) is 27.9 Å². The van der Waals surface area contributed by atoms with Gasteiger partial charge in [0.2, 0.25) is 0 Å². The molecule has 0 aliphatic heterocycles. The minimum atomic E-state index is -3.04. The summed E-state index contributed by atoms with van der Waals surface area (Å²) in [5, 5.41) is 0.164. The number of ether oxygens (including phenoxy) is 1. The SMILES string of the molecule is Cc1cc(Cl)c(C=O)c(Cn2c(CCl)nc3ccc(Br)cc32)c1OC(F)F. The van der Waals surface area contributed by atoms with Gasteiger partial charge in [-0.05, 0) is 36.8 Å². The van der Waals surface area contributed by atoms with E-state index in [9.17, 15) is 13.6 Å². The summed E-state index contributed by atoms with van der Waals surface area (Å²) < 4.78 is 33.2. The maximum atomic E-state index is 13.0. The Morgan fingerprint density at radius 1 is 1.37 bits per heavy atom. The molecule has 0 radical (unpaired) electrons. The van der Waals surface area contributed by atoms with Crippen LogP contribution in [-0.4, -0.2) is 22.4 Å². The molecule has 0 unspecified atom stereocenters. The summed E-state index contributed by atoms with van der Waals surface area (Å²) in [7, 11) is 0. The average Bonchev–Trinajstić information content (AvgIpc) is 2.95. The maximum absolute atomic E-state index is 13.0. The van der Waals surface area contributed by atoms with E-state index in [-0.39, 0.29) is 34.3 Å². The average molecular weight is 478 g/mol. The Hall–Kier alpha value is -1.70. The second-order valence-electron chi connectivity index (χ2n) is 5.77. The first-order chi connectivity index (χ1) is 12.8. The second kappa shape index (κ2) is 8.12. The number of benzene rings is 2. The summed E-state index contributed by atoms with van der Waals surface area (Å²) in [6, 6.07) is 6.91. The largest absolute Gasteiger partial charge is 0.434 e. The lowest BCUT2D eigenvalue weighted by Crippen LogP contribution is -2.12. The van der Waals surface area contributed by atoms with Gasteiger partial charge in [-0.15, -0.1) is 11.6 Å². The number of aromatic nitrogens is 2. The number of nitrogens with zero attached hydrogens (tertiary/aromatic N) is 2. The van der Waals surface area contributed by atoms with E-state index in [1.54, 1.807) is 11.5 Å². The van der Waals surface area contributed by atoms with Gasteiger partial charge >= 0.3 is 6.61 Å². The molecular weight excluding hydrogens is 465 g/mol. The highest BCUT2D eigenvalue weighted by molar-refractivity contribution is 9.10. The predicted octanol–water partition coefficient (Wildman–Crippen LogP) is 5.96. The van der Waals surface area contributed by atoms with Crippen molar-refractivity contribution >= 4 is 56.5 Å². The molecule has 0 amide bonds. The van der Waals surface area contributed by atoms with Gasteiger partial charge in [0.25, 0.3) is 0 Å². The monoisotopic (exact) mass is 476 g/mol. The number of fused-ring (bicyclic) bond motifs is 1. The van der Waals surface area contributed by atoms with E-state index in [1.165, 1.54) is 6.07 Å².